The molecular weight excluding hydrogens is 305 g/mol. The molecule has 10 nitrogen and oxygen atoms in total. The van der Waals surface area contributed by atoms with E-state index in [1.165, 1.54) is 6.20 Å². The Morgan fingerprint density at radius 3 is 2.90 bits per heavy atom. The van der Waals surface area contributed by atoms with Crippen molar-refractivity contribution in [1.82, 2.24) is 9.55 Å². The first-order valence-electron chi connectivity index (χ1n) is 6.02. The summed E-state index contributed by atoms with van der Waals surface area (Å²) >= 11 is 0. The number of hydrogen-bond donors (Lipinski definition) is 4. The molecule has 2 rings (SSSR count). The third-order valence-electron chi connectivity index (χ3n) is 2.93. The van der Waals surface area contributed by atoms with Gasteiger partial charge in [0.1, 0.15) is 11.9 Å². The minimum absolute atomic E-state index is 0.0273. The molecule has 2 heterocycles. The fourth-order valence-electron chi connectivity index (χ4n) is 1.92. The molecule has 1 aromatic rings. The van der Waals surface area contributed by atoms with Crippen LogP contribution in [0.4, 0.5) is 5.82 Å². The standard InChI is InChI=1S/C10H16N3O7P/c1-5-3-13(10(15)12-8(5)11)9-6(14)2-7(20-9)19-4-21(16,17)18/h3,6-7,9,14H,2,4H2,1H3,(H2,11,12,15)(H2,16,17,18)/t6-,7-,9+/m0/s1. The van der Waals surface area contributed by atoms with Gasteiger partial charge in [-0.1, -0.05) is 0 Å². The second kappa shape index (κ2) is 5.84. The number of anilines is 1. The normalized spacial score (nSPS) is 26.2. The fourth-order valence-corrected chi connectivity index (χ4v) is 2.28. The Kier molecular flexibility index (Phi) is 4.47. The molecule has 1 aromatic heterocycles. The van der Waals surface area contributed by atoms with Crippen LogP contribution in [0.3, 0.4) is 0 Å². The van der Waals surface area contributed by atoms with Crippen molar-refractivity contribution >= 4 is 13.4 Å². The van der Waals surface area contributed by atoms with E-state index in [-0.39, 0.29) is 12.2 Å². The van der Waals surface area contributed by atoms with E-state index in [9.17, 15) is 14.5 Å². The summed E-state index contributed by atoms with van der Waals surface area (Å²) in [5.74, 6) is 0.0815. The minimum Gasteiger partial charge on any atom is -0.388 e. The van der Waals surface area contributed by atoms with Crippen molar-refractivity contribution in [3.63, 3.8) is 0 Å². The van der Waals surface area contributed by atoms with Gasteiger partial charge in [0.05, 0.1) is 0 Å². The van der Waals surface area contributed by atoms with Gasteiger partial charge in [0.25, 0.3) is 0 Å². The van der Waals surface area contributed by atoms with Crippen molar-refractivity contribution in [2.24, 2.45) is 0 Å². The topological polar surface area (TPSA) is 157 Å². The summed E-state index contributed by atoms with van der Waals surface area (Å²) in [6.07, 6.45) is -2.61. The lowest BCUT2D eigenvalue weighted by molar-refractivity contribution is -0.147. The number of nitrogens with zero attached hydrogens (tertiary/aromatic N) is 2. The van der Waals surface area contributed by atoms with Gasteiger partial charge in [-0.2, -0.15) is 4.98 Å². The summed E-state index contributed by atoms with van der Waals surface area (Å²) in [5.41, 5.74) is 5.34. The van der Waals surface area contributed by atoms with Crippen LogP contribution in [0.25, 0.3) is 0 Å². The Bertz CT molecular complexity index is 628. The van der Waals surface area contributed by atoms with Gasteiger partial charge in [-0.3, -0.25) is 9.13 Å². The molecule has 0 saturated carbocycles. The molecule has 21 heavy (non-hydrogen) atoms. The van der Waals surface area contributed by atoms with Crippen LogP contribution in [0.15, 0.2) is 11.0 Å². The quantitative estimate of drug-likeness (QED) is 0.505. The predicted octanol–water partition coefficient (Wildman–Crippen LogP) is -1.11. The summed E-state index contributed by atoms with van der Waals surface area (Å²) in [6, 6.07) is 0. The summed E-state index contributed by atoms with van der Waals surface area (Å²) in [5, 5.41) is 9.91. The zero-order chi connectivity index (χ0) is 15.8. The van der Waals surface area contributed by atoms with Gasteiger partial charge in [-0.15, -0.1) is 0 Å². The van der Waals surface area contributed by atoms with E-state index in [0.717, 1.165) is 4.57 Å². The molecular formula is C10H16N3O7P. The maximum Gasteiger partial charge on any atom is 0.351 e. The summed E-state index contributed by atoms with van der Waals surface area (Å²) < 4.78 is 22.0. The van der Waals surface area contributed by atoms with Gasteiger partial charge in [0, 0.05) is 18.2 Å². The first-order chi connectivity index (χ1) is 9.67. The van der Waals surface area contributed by atoms with E-state index in [1.54, 1.807) is 6.92 Å². The molecule has 1 aliphatic rings. The van der Waals surface area contributed by atoms with E-state index in [0.29, 0.717) is 5.56 Å². The highest BCUT2D eigenvalue weighted by Gasteiger charge is 2.37. The van der Waals surface area contributed by atoms with Gasteiger partial charge < -0.3 is 30.1 Å². The molecule has 0 amide bonds. The van der Waals surface area contributed by atoms with Crippen molar-refractivity contribution in [2.45, 2.75) is 32.0 Å². The van der Waals surface area contributed by atoms with Crippen LogP contribution >= 0.6 is 7.60 Å². The number of aliphatic hydroxyl groups is 1. The first-order valence-corrected chi connectivity index (χ1v) is 7.82. The van der Waals surface area contributed by atoms with Gasteiger partial charge in [-0.25, -0.2) is 4.79 Å². The number of aromatic nitrogens is 2. The molecule has 3 atom stereocenters. The maximum atomic E-state index is 11.8. The smallest absolute Gasteiger partial charge is 0.351 e. The second-order valence-electron chi connectivity index (χ2n) is 4.72. The molecule has 0 bridgehead atoms. The van der Waals surface area contributed by atoms with Crippen molar-refractivity contribution < 1.29 is 28.9 Å². The molecule has 0 aliphatic carbocycles. The largest absolute Gasteiger partial charge is 0.388 e. The first kappa shape index (κ1) is 16.1. The average molecular weight is 321 g/mol. The Morgan fingerprint density at radius 1 is 1.62 bits per heavy atom. The number of nitrogen functional groups attached to an aromatic ring is 1. The molecule has 5 N–H and O–H groups in total. The van der Waals surface area contributed by atoms with Gasteiger partial charge in [0.15, 0.2) is 18.9 Å². The number of aryl methyl sites for hydroxylation is 1. The minimum atomic E-state index is -4.33. The van der Waals surface area contributed by atoms with Crippen molar-refractivity contribution in [1.29, 1.82) is 0 Å². The summed E-state index contributed by atoms with van der Waals surface area (Å²) in [7, 11) is -4.33. The van der Waals surface area contributed by atoms with Gasteiger partial charge in [-0.05, 0) is 6.92 Å². The van der Waals surface area contributed by atoms with Crippen LogP contribution in [0, 0.1) is 6.92 Å². The monoisotopic (exact) mass is 321 g/mol. The van der Waals surface area contributed by atoms with Crippen LogP contribution in [0.2, 0.25) is 0 Å². The Labute approximate surface area is 119 Å². The third-order valence-corrected chi connectivity index (χ3v) is 3.42. The second-order valence-corrected chi connectivity index (χ2v) is 6.31. The molecule has 1 saturated heterocycles. The Hall–Kier alpha value is -1.29. The van der Waals surface area contributed by atoms with Crippen LogP contribution in [-0.4, -0.2) is 43.2 Å². The van der Waals surface area contributed by atoms with Gasteiger partial charge >= 0.3 is 13.3 Å². The molecule has 0 unspecified atom stereocenters. The number of rotatable bonds is 4. The summed E-state index contributed by atoms with van der Waals surface area (Å²) in [6.45, 7) is 1.64. The number of hydrogen-bond acceptors (Lipinski definition) is 7. The van der Waals surface area contributed by atoms with Crippen LogP contribution in [0.1, 0.15) is 18.2 Å². The van der Waals surface area contributed by atoms with E-state index in [1.807, 2.05) is 0 Å². The third kappa shape index (κ3) is 3.88. The molecule has 0 spiro atoms. The van der Waals surface area contributed by atoms with Crippen molar-refractivity contribution in [2.75, 3.05) is 12.1 Å². The molecule has 0 aromatic carbocycles. The molecule has 0 radical (unpaired) electrons. The lowest BCUT2D eigenvalue weighted by Crippen LogP contribution is -2.32. The lowest BCUT2D eigenvalue weighted by atomic mass is 10.2. The Balaban J connectivity index is 2.13. The maximum absolute atomic E-state index is 11.8. The average Bonchev–Trinajstić information content (AvgIpc) is 2.72. The highest BCUT2D eigenvalue weighted by atomic mass is 31.2. The van der Waals surface area contributed by atoms with E-state index >= 15 is 0 Å². The van der Waals surface area contributed by atoms with Gasteiger partial charge in [0.2, 0.25) is 0 Å². The van der Waals surface area contributed by atoms with Crippen molar-refractivity contribution in [3.05, 3.63) is 22.2 Å². The zero-order valence-electron chi connectivity index (χ0n) is 11.1. The number of aliphatic hydroxyl groups excluding tert-OH is 1. The number of ether oxygens (including phenoxy) is 2. The molecule has 118 valence electrons. The van der Waals surface area contributed by atoms with Crippen LogP contribution in [-0.2, 0) is 14.0 Å². The van der Waals surface area contributed by atoms with Crippen LogP contribution < -0.4 is 11.4 Å². The summed E-state index contributed by atoms with van der Waals surface area (Å²) in [4.78, 5) is 32.8. The molecule has 1 aliphatic heterocycles. The lowest BCUT2D eigenvalue weighted by Gasteiger charge is -2.18. The van der Waals surface area contributed by atoms with E-state index in [4.69, 9.17) is 25.0 Å². The SMILES string of the molecule is Cc1cn([C@@H]2O[C@H](OCP(=O)(O)O)C[C@@H]2O)c(=O)nc1N. The van der Waals surface area contributed by atoms with Crippen LogP contribution in [0.5, 0.6) is 0 Å². The van der Waals surface area contributed by atoms with E-state index in [2.05, 4.69) is 4.98 Å². The number of nitrogens with two attached hydrogens (primary N) is 1. The van der Waals surface area contributed by atoms with E-state index < -0.39 is 38.3 Å². The highest BCUT2D eigenvalue weighted by molar-refractivity contribution is 7.51. The zero-order valence-corrected chi connectivity index (χ0v) is 12.0. The Morgan fingerprint density at radius 2 is 2.29 bits per heavy atom. The van der Waals surface area contributed by atoms with Crippen molar-refractivity contribution in [3.8, 4) is 0 Å². The molecule has 11 heteroatoms. The molecule has 1 fully saturated rings. The predicted molar refractivity (Wildman–Crippen MR) is 70.2 cm³/mol. The fraction of sp³-hybridized carbons (Fsp3) is 0.600. The highest BCUT2D eigenvalue weighted by Crippen LogP contribution is 2.37.